The van der Waals surface area contributed by atoms with E-state index < -0.39 is 23.8 Å². The van der Waals surface area contributed by atoms with E-state index in [0.29, 0.717) is 25.9 Å². The van der Waals surface area contributed by atoms with E-state index in [0.717, 1.165) is 24.3 Å². The number of hydrogen-bond donors (Lipinski definition) is 0. The van der Waals surface area contributed by atoms with Gasteiger partial charge in [-0.15, -0.1) is 0 Å². The van der Waals surface area contributed by atoms with Crippen LogP contribution < -0.4 is 0 Å². The van der Waals surface area contributed by atoms with Crippen molar-refractivity contribution in [2.75, 3.05) is 13.1 Å². The lowest BCUT2D eigenvalue weighted by molar-refractivity contribution is -0.152. The lowest BCUT2D eigenvalue weighted by atomic mass is 9.96. The molecule has 0 aromatic heterocycles. The molecule has 1 saturated heterocycles. The van der Waals surface area contributed by atoms with Crippen LogP contribution in [0.3, 0.4) is 0 Å². The van der Waals surface area contributed by atoms with Crippen molar-refractivity contribution < 1.29 is 27.5 Å². The summed E-state index contributed by atoms with van der Waals surface area (Å²) in [6.45, 7) is 2.09. The van der Waals surface area contributed by atoms with E-state index in [1.807, 2.05) is 6.07 Å². The second-order valence-corrected chi connectivity index (χ2v) is 5.85. The third-order valence-electron chi connectivity index (χ3n) is 4.05. The van der Waals surface area contributed by atoms with Crippen LogP contribution in [0, 0.1) is 17.2 Å². The standard InChI is InChI=1S/C17H17F3N2O3/c1-11(10-21)25-16(24)13-6-8-22(9-7-13)15(23)12-2-4-14(5-3-12)17(18,19)20/h2-5,11,13H,6-9H2,1H3/t11-/m1/s1. The first-order valence-corrected chi connectivity index (χ1v) is 7.79. The van der Waals surface area contributed by atoms with Gasteiger partial charge in [-0.25, -0.2) is 0 Å². The minimum absolute atomic E-state index is 0.173. The van der Waals surface area contributed by atoms with Gasteiger partial charge in [0.1, 0.15) is 6.07 Å². The highest BCUT2D eigenvalue weighted by molar-refractivity contribution is 5.94. The van der Waals surface area contributed by atoms with E-state index in [9.17, 15) is 22.8 Å². The number of hydrogen-bond acceptors (Lipinski definition) is 4. The number of carbonyl (C=O) groups excluding carboxylic acids is 2. The predicted octanol–water partition coefficient (Wildman–Crippen LogP) is 3.01. The lowest BCUT2D eigenvalue weighted by Gasteiger charge is -2.31. The van der Waals surface area contributed by atoms with Crippen molar-refractivity contribution in [2.24, 2.45) is 5.92 Å². The van der Waals surface area contributed by atoms with Crippen molar-refractivity contribution >= 4 is 11.9 Å². The zero-order valence-electron chi connectivity index (χ0n) is 13.5. The number of alkyl halides is 3. The molecule has 134 valence electrons. The van der Waals surface area contributed by atoms with Crippen LogP contribution >= 0.6 is 0 Å². The van der Waals surface area contributed by atoms with Crippen molar-refractivity contribution in [3.8, 4) is 6.07 Å². The molecule has 1 heterocycles. The number of nitriles is 1. The monoisotopic (exact) mass is 354 g/mol. The van der Waals surface area contributed by atoms with E-state index in [4.69, 9.17) is 10.00 Å². The molecular weight excluding hydrogens is 337 g/mol. The number of halogens is 3. The van der Waals surface area contributed by atoms with Crippen molar-refractivity contribution in [2.45, 2.75) is 32.0 Å². The second kappa shape index (κ2) is 7.55. The fourth-order valence-corrected chi connectivity index (χ4v) is 2.60. The van der Waals surface area contributed by atoms with Crippen LogP contribution in [-0.2, 0) is 15.7 Å². The normalized spacial score (nSPS) is 16.8. The maximum atomic E-state index is 12.6. The molecule has 0 aliphatic carbocycles. The molecule has 2 rings (SSSR count). The summed E-state index contributed by atoms with van der Waals surface area (Å²) in [7, 11) is 0. The Morgan fingerprint density at radius 1 is 1.24 bits per heavy atom. The van der Waals surface area contributed by atoms with Gasteiger partial charge in [0.15, 0.2) is 6.10 Å². The molecule has 1 amide bonds. The zero-order valence-corrected chi connectivity index (χ0v) is 13.5. The van der Waals surface area contributed by atoms with Gasteiger partial charge in [0.2, 0.25) is 0 Å². The van der Waals surface area contributed by atoms with Crippen LogP contribution in [0.25, 0.3) is 0 Å². The molecule has 1 aliphatic heterocycles. The second-order valence-electron chi connectivity index (χ2n) is 5.85. The number of nitrogens with zero attached hydrogens (tertiary/aromatic N) is 2. The fraction of sp³-hybridized carbons (Fsp3) is 0.471. The first-order valence-electron chi connectivity index (χ1n) is 7.79. The summed E-state index contributed by atoms with van der Waals surface area (Å²) in [4.78, 5) is 25.7. The summed E-state index contributed by atoms with van der Waals surface area (Å²) in [5.41, 5.74) is -0.635. The van der Waals surface area contributed by atoms with Crippen LogP contribution in [0.1, 0.15) is 35.7 Å². The molecular formula is C17H17F3N2O3. The van der Waals surface area contributed by atoms with E-state index in [1.165, 1.54) is 11.8 Å². The summed E-state index contributed by atoms with van der Waals surface area (Å²) >= 11 is 0. The van der Waals surface area contributed by atoms with Gasteiger partial charge in [0, 0.05) is 18.7 Å². The van der Waals surface area contributed by atoms with Crippen LogP contribution in [0.2, 0.25) is 0 Å². The smallest absolute Gasteiger partial charge is 0.416 e. The van der Waals surface area contributed by atoms with Crippen LogP contribution in [0.5, 0.6) is 0 Å². The first-order chi connectivity index (χ1) is 11.7. The number of likely N-dealkylation sites (tertiary alicyclic amines) is 1. The van der Waals surface area contributed by atoms with Crippen LogP contribution in [0.4, 0.5) is 13.2 Å². The molecule has 0 spiro atoms. The molecule has 1 aromatic rings. The highest BCUT2D eigenvalue weighted by Crippen LogP contribution is 2.29. The van der Waals surface area contributed by atoms with E-state index in [2.05, 4.69) is 0 Å². The summed E-state index contributed by atoms with van der Waals surface area (Å²) in [6.07, 6.45) is -4.48. The Bertz CT molecular complexity index is 672. The number of carbonyl (C=O) groups is 2. The zero-order chi connectivity index (χ0) is 18.6. The van der Waals surface area contributed by atoms with Crippen LogP contribution in [0.15, 0.2) is 24.3 Å². The minimum atomic E-state index is -4.44. The van der Waals surface area contributed by atoms with Crippen molar-refractivity contribution in [1.82, 2.24) is 4.90 Å². The summed E-state index contributed by atoms with van der Waals surface area (Å²) in [5.74, 6) is -1.21. The average molecular weight is 354 g/mol. The molecule has 1 aliphatic rings. The SMILES string of the molecule is C[C@H](C#N)OC(=O)C1CCN(C(=O)c2ccc(C(F)(F)F)cc2)CC1. The predicted molar refractivity (Wildman–Crippen MR) is 81.2 cm³/mol. The molecule has 8 heteroatoms. The molecule has 25 heavy (non-hydrogen) atoms. The van der Waals surface area contributed by atoms with Gasteiger partial charge in [-0.05, 0) is 44.0 Å². The largest absolute Gasteiger partial charge is 0.447 e. The Balaban J connectivity index is 1.93. The third-order valence-corrected chi connectivity index (χ3v) is 4.05. The quantitative estimate of drug-likeness (QED) is 0.783. The van der Waals surface area contributed by atoms with Gasteiger partial charge in [-0.1, -0.05) is 0 Å². The van der Waals surface area contributed by atoms with Gasteiger partial charge < -0.3 is 9.64 Å². The molecule has 0 N–H and O–H groups in total. The van der Waals surface area contributed by atoms with E-state index in [-0.39, 0.29) is 17.4 Å². The Morgan fingerprint density at radius 3 is 2.28 bits per heavy atom. The van der Waals surface area contributed by atoms with Gasteiger partial charge in [0.25, 0.3) is 5.91 Å². The lowest BCUT2D eigenvalue weighted by Crippen LogP contribution is -2.41. The molecule has 0 unspecified atom stereocenters. The fourth-order valence-electron chi connectivity index (χ4n) is 2.60. The number of rotatable bonds is 3. The van der Waals surface area contributed by atoms with Crippen molar-refractivity contribution in [3.63, 3.8) is 0 Å². The topological polar surface area (TPSA) is 70.4 Å². The minimum Gasteiger partial charge on any atom is -0.447 e. The maximum absolute atomic E-state index is 12.6. The van der Waals surface area contributed by atoms with Gasteiger partial charge >= 0.3 is 12.1 Å². The summed E-state index contributed by atoms with van der Waals surface area (Å²) in [5, 5.41) is 8.64. The van der Waals surface area contributed by atoms with Crippen molar-refractivity contribution in [3.05, 3.63) is 35.4 Å². The number of amides is 1. The number of esters is 1. The summed E-state index contributed by atoms with van der Waals surface area (Å²) in [6, 6.07) is 5.87. The number of piperidine rings is 1. The van der Waals surface area contributed by atoms with Crippen molar-refractivity contribution in [1.29, 1.82) is 5.26 Å². The Labute approximate surface area is 143 Å². The molecule has 5 nitrogen and oxygen atoms in total. The molecule has 1 atom stereocenters. The van der Waals surface area contributed by atoms with E-state index >= 15 is 0 Å². The Hall–Kier alpha value is -2.56. The number of benzene rings is 1. The Morgan fingerprint density at radius 2 is 1.80 bits per heavy atom. The highest BCUT2D eigenvalue weighted by Gasteiger charge is 2.32. The molecule has 0 bridgehead atoms. The van der Waals surface area contributed by atoms with E-state index in [1.54, 1.807) is 0 Å². The maximum Gasteiger partial charge on any atom is 0.416 e. The third kappa shape index (κ3) is 4.72. The molecule has 0 radical (unpaired) electrons. The molecule has 1 aromatic carbocycles. The van der Waals surface area contributed by atoms with Gasteiger partial charge in [-0.2, -0.15) is 18.4 Å². The molecule has 0 saturated carbocycles. The Kier molecular flexibility index (Phi) is 5.67. The number of ether oxygens (including phenoxy) is 1. The average Bonchev–Trinajstić information content (AvgIpc) is 2.60. The first kappa shape index (κ1) is 18.8. The highest BCUT2D eigenvalue weighted by atomic mass is 19.4. The van der Waals surface area contributed by atoms with Gasteiger partial charge in [-0.3, -0.25) is 9.59 Å². The van der Waals surface area contributed by atoms with Gasteiger partial charge in [0.05, 0.1) is 11.5 Å². The molecule has 1 fully saturated rings. The summed E-state index contributed by atoms with van der Waals surface area (Å²) < 4.78 is 42.6. The van der Waals surface area contributed by atoms with Crippen LogP contribution in [-0.4, -0.2) is 36.0 Å².